The number of nitrogens with zero attached hydrogens (tertiary/aromatic N) is 1. The van der Waals surface area contributed by atoms with Gasteiger partial charge in [0.05, 0.1) is 11.0 Å². The minimum absolute atomic E-state index is 0.311. The highest BCUT2D eigenvalue weighted by molar-refractivity contribution is 9.10. The number of carbonyl (C=O) groups excluding carboxylic acids is 1. The molecule has 3 N–H and O–H groups in total. The number of rotatable bonds is 4. The van der Waals surface area contributed by atoms with Gasteiger partial charge in [-0.1, -0.05) is 15.9 Å². The molecular formula is C15H12BrN3O2. The van der Waals surface area contributed by atoms with Gasteiger partial charge in [0, 0.05) is 15.7 Å². The topological polar surface area (TPSA) is 78.0 Å². The van der Waals surface area contributed by atoms with Crippen LogP contribution in [0.2, 0.25) is 0 Å². The Balaban J connectivity index is 1.90. The Bertz CT molecular complexity index is 796. The third kappa shape index (κ3) is 2.96. The summed E-state index contributed by atoms with van der Waals surface area (Å²) in [5.74, 6) is 0.287. The molecule has 1 aromatic heterocycles. The van der Waals surface area contributed by atoms with Crippen LogP contribution in [0.4, 0.5) is 11.6 Å². The van der Waals surface area contributed by atoms with E-state index >= 15 is 0 Å². The van der Waals surface area contributed by atoms with E-state index in [1.807, 2.05) is 24.3 Å². The molecule has 0 bridgehead atoms. The van der Waals surface area contributed by atoms with Crippen LogP contribution in [-0.2, 0) is 0 Å². The van der Waals surface area contributed by atoms with Crippen molar-refractivity contribution in [3.63, 3.8) is 0 Å². The number of carbonyl (C=O) groups is 1. The number of halogens is 1. The number of aromatic amines is 1. The number of imidazole rings is 1. The molecule has 0 aliphatic heterocycles. The molecular weight excluding hydrogens is 334 g/mol. The minimum Gasteiger partial charge on any atom is -0.388 e. The van der Waals surface area contributed by atoms with Gasteiger partial charge >= 0.3 is 0 Å². The van der Waals surface area contributed by atoms with E-state index in [9.17, 15) is 4.79 Å². The SMILES string of the molecule is O=C(CO)c1ccc2nc(Nc3ccc(Br)cc3)[nH]c2c1. The summed E-state index contributed by atoms with van der Waals surface area (Å²) in [6, 6.07) is 12.8. The number of anilines is 2. The fourth-order valence-corrected chi connectivity index (χ4v) is 2.27. The van der Waals surface area contributed by atoms with Crippen LogP contribution in [-0.4, -0.2) is 27.5 Å². The van der Waals surface area contributed by atoms with Crippen LogP contribution in [0.5, 0.6) is 0 Å². The van der Waals surface area contributed by atoms with Crippen molar-refractivity contribution < 1.29 is 9.90 Å². The molecule has 0 saturated carbocycles. The molecule has 106 valence electrons. The average molecular weight is 346 g/mol. The van der Waals surface area contributed by atoms with Crippen molar-refractivity contribution in [2.75, 3.05) is 11.9 Å². The number of nitrogens with one attached hydrogen (secondary N) is 2. The fourth-order valence-electron chi connectivity index (χ4n) is 2.00. The smallest absolute Gasteiger partial charge is 0.205 e. The van der Waals surface area contributed by atoms with Gasteiger partial charge in [-0.3, -0.25) is 4.79 Å². The molecule has 0 unspecified atom stereocenters. The monoisotopic (exact) mass is 345 g/mol. The molecule has 5 nitrogen and oxygen atoms in total. The number of fused-ring (bicyclic) bond motifs is 1. The molecule has 0 atom stereocenters. The van der Waals surface area contributed by atoms with Gasteiger partial charge in [-0.15, -0.1) is 0 Å². The maximum atomic E-state index is 11.5. The lowest BCUT2D eigenvalue weighted by atomic mass is 10.1. The minimum atomic E-state index is -0.496. The van der Waals surface area contributed by atoms with Crippen LogP contribution in [0.3, 0.4) is 0 Å². The highest BCUT2D eigenvalue weighted by atomic mass is 79.9. The van der Waals surface area contributed by atoms with E-state index in [0.29, 0.717) is 11.5 Å². The number of ketones is 1. The van der Waals surface area contributed by atoms with Gasteiger partial charge in [0.1, 0.15) is 6.61 Å². The molecule has 0 amide bonds. The second-order valence-electron chi connectivity index (χ2n) is 4.53. The van der Waals surface area contributed by atoms with Crippen molar-refractivity contribution in [2.24, 2.45) is 0 Å². The Morgan fingerprint density at radius 2 is 2.00 bits per heavy atom. The van der Waals surface area contributed by atoms with Crippen LogP contribution in [0.25, 0.3) is 11.0 Å². The van der Waals surface area contributed by atoms with E-state index in [1.54, 1.807) is 18.2 Å². The van der Waals surface area contributed by atoms with Crippen LogP contribution in [0, 0.1) is 0 Å². The summed E-state index contributed by atoms with van der Waals surface area (Å²) in [6.45, 7) is -0.496. The molecule has 2 aromatic carbocycles. The Hall–Kier alpha value is -2.18. The molecule has 0 aliphatic rings. The molecule has 0 radical (unpaired) electrons. The summed E-state index contributed by atoms with van der Waals surface area (Å²) in [6.07, 6.45) is 0. The zero-order valence-electron chi connectivity index (χ0n) is 10.9. The molecule has 0 fully saturated rings. The van der Waals surface area contributed by atoms with Crippen LogP contribution in [0.15, 0.2) is 46.9 Å². The molecule has 0 aliphatic carbocycles. The molecule has 21 heavy (non-hydrogen) atoms. The van der Waals surface area contributed by atoms with Crippen molar-refractivity contribution in [1.82, 2.24) is 9.97 Å². The highest BCUT2D eigenvalue weighted by Gasteiger charge is 2.08. The zero-order valence-corrected chi connectivity index (χ0v) is 12.5. The van der Waals surface area contributed by atoms with Crippen LogP contribution < -0.4 is 5.32 Å². The molecule has 3 aromatic rings. The number of benzene rings is 2. The summed E-state index contributed by atoms with van der Waals surface area (Å²) in [5.41, 5.74) is 2.87. The summed E-state index contributed by atoms with van der Waals surface area (Å²) in [4.78, 5) is 19.0. The first-order valence-corrected chi connectivity index (χ1v) is 7.11. The summed E-state index contributed by atoms with van der Waals surface area (Å²) in [5, 5.41) is 12.1. The number of aliphatic hydroxyl groups excluding tert-OH is 1. The number of Topliss-reactive ketones (excluding diaryl/α,β-unsaturated/α-hetero) is 1. The highest BCUT2D eigenvalue weighted by Crippen LogP contribution is 2.21. The van der Waals surface area contributed by atoms with E-state index < -0.39 is 6.61 Å². The van der Waals surface area contributed by atoms with Crippen LogP contribution >= 0.6 is 15.9 Å². The number of hydrogen-bond acceptors (Lipinski definition) is 4. The van der Waals surface area contributed by atoms with Gasteiger partial charge in [0.15, 0.2) is 5.78 Å². The van der Waals surface area contributed by atoms with E-state index in [2.05, 4.69) is 31.2 Å². The summed E-state index contributed by atoms with van der Waals surface area (Å²) in [7, 11) is 0. The maximum absolute atomic E-state index is 11.5. The molecule has 6 heteroatoms. The summed E-state index contributed by atoms with van der Waals surface area (Å²) >= 11 is 3.38. The Morgan fingerprint density at radius 1 is 1.24 bits per heavy atom. The number of aliphatic hydroxyl groups is 1. The summed E-state index contributed by atoms with van der Waals surface area (Å²) < 4.78 is 1.00. The Morgan fingerprint density at radius 3 is 2.71 bits per heavy atom. The first-order chi connectivity index (χ1) is 10.2. The van der Waals surface area contributed by atoms with E-state index in [0.717, 1.165) is 21.2 Å². The maximum Gasteiger partial charge on any atom is 0.205 e. The molecule has 3 rings (SSSR count). The van der Waals surface area contributed by atoms with Crippen molar-refractivity contribution in [2.45, 2.75) is 0 Å². The van der Waals surface area contributed by atoms with Gasteiger partial charge in [-0.2, -0.15) is 0 Å². The largest absolute Gasteiger partial charge is 0.388 e. The quantitative estimate of drug-likeness (QED) is 0.634. The van der Waals surface area contributed by atoms with Crippen molar-refractivity contribution in [3.05, 3.63) is 52.5 Å². The van der Waals surface area contributed by atoms with E-state index in [1.165, 1.54) is 0 Å². The fraction of sp³-hybridized carbons (Fsp3) is 0.0667. The van der Waals surface area contributed by atoms with Gasteiger partial charge in [-0.25, -0.2) is 4.98 Å². The lowest BCUT2D eigenvalue weighted by molar-refractivity contribution is 0.0904. The Kier molecular flexibility index (Phi) is 3.72. The van der Waals surface area contributed by atoms with Crippen molar-refractivity contribution in [1.29, 1.82) is 0 Å². The standard InChI is InChI=1S/C15H12BrN3O2/c16-10-2-4-11(5-3-10)17-15-18-12-6-1-9(14(21)8-20)7-13(12)19-15/h1-7,20H,8H2,(H2,17,18,19). The number of H-pyrrole nitrogens is 1. The average Bonchev–Trinajstić information content (AvgIpc) is 2.90. The molecule has 1 heterocycles. The third-order valence-corrected chi connectivity index (χ3v) is 3.58. The lowest BCUT2D eigenvalue weighted by Crippen LogP contribution is -2.03. The molecule has 0 saturated heterocycles. The predicted molar refractivity (Wildman–Crippen MR) is 84.9 cm³/mol. The lowest BCUT2D eigenvalue weighted by Gasteiger charge is -2.01. The Labute approximate surface area is 129 Å². The van der Waals surface area contributed by atoms with Gasteiger partial charge < -0.3 is 15.4 Å². The normalized spacial score (nSPS) is 10.8. The van der Waals surface area contributed by atoms with Crippen molar-refractivity contribution >= 4 is 44.4 Å². The second kappa shape index (κ2) is 5.67. The third-order valence-electron chi connectivity index (χ3n) is 3.05. The van der Waals surface area contributed by atoms with Gasteiger partial charge in [0.2, 0.25) is 5.95 Å². The van der Waals surface area contributed by atoms with Gasteiger partial charge in [-0.05, 0) is 42.5 Å². The zero-order chi connectivity index (χ0) is 14.8. The van der Waals surface area contributed by atoms with Crippen LogP contribution in [0.1, 0.15) is 10.4 Å². The first-order valence-electron chi connectivity index (χ1n) is 6.32. The van der Waals surface area contributed by atoms with Crippen molar-refractivity contribution in [3.8, 4) is 0 Å². The van der Waals surface area contributed by atoms with E-state index in [4.69, 9.17) is 5.11 Å². The van der Waals surface area contributed by atoms with Gasteiger partial charge in [0.25, 0.3) is 0 Å². The number of aromatic nitrogens is 2. The predicted octanol–water partition coefficient (Wildman–Crippen LogP) is 3.24. The second-order valence-corrected chi connectivity index (χ2v) is 5.45. The first kappa shape index (κ1) is 13.8. The number of hydrogen-bond donors (Lipinski definition) is 3. The van der Waals surface area contributed by atoms with E-state index in [-0.39, 0.29) is 5.78 Å². The molecule has 0 spiro atoms.